The number of terminal acetylenes is 1. The second-order valence-corrected chi connectivity index (χ2v) is 3.16. The second-order valence-electron chi connectivity index (χ2n) is 3.16. The van der Waals surface area contributed by atoms with Gasteiger partial charge >= 0.3 is 0 Å². The van der Waals surface area contributed by atoms with E-state index in [2.05, 4.69) is 5.92 Å². The minimum Gasteiger partial charge on any atom is -0.315 e. The Morgan fingerprint density at radius 1 is 1.17 bits per heavy atom. The average molecular weight is 196 g/mol. The predicted octanol–water partition coefficient (Wildman–Crippen LogP) is 1.95. The third kappa shape index (κ3) is 2.62. The van der Waals surface area contributed by atoms with Crippen LogP contribution in [0.3, 0.4) is 0 Å². The van der Waals surface area contributed by atoms with Crippen molar-refractivity contribution in [3.63, 3.8) is 0 Å². The number of rotatable bonds is 0. The number of alkyl halides is 2. The lowest BCUT2D eigenvalue weighted by Crippen LogP contribution is -2.44. The van der Waals surface area contributed by atoms with Crippen molar-refractivity contribution in [2.24, 2.45) is 5.73 Å². The number of hydrogen-bond acceptors (Lipinski definition) is 1. The van der Waals surface area contributed by atoms with Gasteiger partial charge in [-0.05, 0) is 12.8 Å². The van der Waals surface area contributed by atoms with Crippen LogP contribution in [0.4, 0.5) is 8.78 Å². The largest absolute Gasteiger partial charge is 0.315 e. The highest BCUT2D eigenvalue weighted by atomic mass is 35.5. The highest BCUT2D eigenvalue weighted by molar-refractivity contribution is 5.85. The molecular weight excluding hydrogens is 184 g/mol. The Balaban J connectivity index is 0.00000121. The van der Waals surface area contributed by atoms with E-state index in [1.807, 2.05) is 0 Å². The van der Waals surface area contributed by atoms with Crippen LogP contribution in [-0.4, -0.2) is 11.5 Å². The van der Waals surface area contributed by atoms with Gasteiger partial charge in [0.05, 0.1) is 5.54 Å². The average Bonchev–Trinajstić information content (AvgIpc) is 1.97. The first-order valence-electron chi connectivity index (χ1n) is 3.62. The van der Waals surface area contributed by atoms with E-state index < -0.39 is 11.5 Å². The van der Waals surface area contributed by atoms with Crippen LogP contribution in [0.25, 0.3) is 0 Å². The zero-order valence-electron chi connectivity index (χ0n) is 6.65. The van der Waals surface area contributed by atoms with Crippen LogP contribution in [0.5, 0.6) is 0 Å². The third-order valence-corrected chi connectivity index (χ3v) is 2.16. The summed E-state index contributed by atoms with van der Waals surface area (Å²) >= 11 is 0. The highest BCUT2D eigenvalue weighted by Gasteiger charge is 2.40. The Kier molecular flexibility index (Phi) is 3.49. The SMILES string of the molecule is C#CC1(N)CCC(F)(F)CC1.Cl. The highest BCUT2D eigenvalue weighted by Crippen LogP contribution is 2.36. The van der Waals surface area contributed by atoms with Crippen LogP contribution in [0.15, 0.2) is 0 Å². The molecule has 0 aliphatic heterocycles. The summed E-state index contributed by atoms with van der Waals surface area (Å²) in [7, 11) is 0. The van der Waals surface area contributed by atoms with Crippen molar-refractivity contribution in [1.82, 2.24) is 0 Å². The van der Waals surface area contributed by atoms with Crippen molar-refractivity contribution >= 4 is 12.4 Å². The van der Waals surface area contributed by atoms with Gasteiger partial charge in [0.25, 0.3) is 0 Å². The molecule has 4 heteroatoms. The molecule has 0 spiro atoms. The van der Waals surface area contributed by atoms with E-state index in [9.17, 15) is 8.78 Å². The Morgan fingerprint density at radius 2 is 1.58 bits per heavy atom. The van der Waals surface area contributed by atoms with Gasteiger partial charge in [0.1, 0.15) is 0 Å². The predicted molar refractivity (Wildman–Crippen MR) is 46.4 cm³/mol. The molecule has 1 aliphatic rings. The van der Waals surface area contributed by atoms with E-state index in [-0.39, 0.29) is 38.1 Å². The lowest BCUT2D eigenvalue weighted by Gasteiger charge is -2.32. The summed E-state index contributed by atoms with van der Waals surface area (Å²) in [4.78, 5) is 0. The molecule has 0 atom stereocenters. The second kappa shape index (κ2) is 3.59. The number of halogens is 3. The molecule has 0 heterocycles. The first-order chi connectivity index (χ1) is 4.97. The number of nitrogens with two attached hydrogens (primary N) is 1. The van der Waals surface area contributed by atoms with Gasteiger partial charge in [0, 0.05) is 12.8 Å². The normalized spacial score (nSPS) is 25.2. The molecule has 1 nitrogen and oxygen atoms in total. The van der Waals surface area contributed by atoms with Crippen LogP contribution in [-0.2, 0) is 0 Å². The topological polar surface area (TPSA) is 26.0 Å². The van der Waals surface area contributed by atoms with Crippen molar-refractivity contribution in [2.45, 2.75) is 37.1 Å². The minimum absolute atomic E-state index is 0. The van der Waals surface area contributed by atoms with Gasteiger partial charge in [-0.25, -0.2) is 8.78 Å². The Morgan fingerprint density at radius 3 is 1.92 bits per heavy atom. The molecule has 1 fully saturated rings. The molecule has 0 aromatic heterocycles. The van der Waals surface area contributed by atoms with E-state index >= 15 is 0 Å². The van der Waals surface area contributed by atoms with E-state index in [4.69, 9.17) is 12.2 Å². The summed E-state index contributed by atoms with van der Waals surface area (Å²) in [5.41, 5.74) is 4.83. The Labute approximate surface area is 77.1 Å². The van der Waals surface area contributed by atoms with Crippen molar-refractivity contribution in [3.8, 4) is 12.3 Å². The molecule has 2 N–H and O–H groups in total. The summed E-state index contributed by atoms with van der Waals surface area (Å²) in [6.07, 6.45) is 5.23. The third-order valence-electron chi connectivity index (χ3n) is 2.16. The van der Waals surface area contributed by atoms with Crippen LogP contribution < -0.4 is 5.73 Å². The van der Waals surface area contributed by atoms with Crippen molar-refractivity contribution in [3.05, 3.63) is 0 Å². The monoisotopic (exact) mass is 195 g/mol. The molecule has 0 amide bonds. The fraction of sp³-hybridized carbons (Fsp3) is 0.750. The quantitative estimate of drug-likeness (QED) is 0.588. The van der Waals surface area contributed by atoms with E-state index in [1.165, 1.54) is 0 Å². The molecule has 12 heavy (non-hydrogen) atoms. The molecule has 70 valence electrons. The maximum Gasteiger partial charge on any atom is 0.248 e. The molecule has 0 aromatic rings. The molecule has 0 radical (unpaired) electrons. The molecule has 0 aromatic carbocycles. The van der Waals surface area contributed by atoms with Crippen molar-refractivity contribution in [1.29, 1.82) is 0 Å². The molecular formula is C8H12ClF2N. The first-order valence-corrected chi connectivity index (χ1v) is 3.62. The maximum absolute atomic E-state index is 12.6. The van der Waals surface area contributed by atoms with Gasteiger partial charge in [0.15, 0.2) is 0 Å². The minimum atomic E-state index is -2.54. The molecule has 0 saturated heterocycles. The van der Waals surface area contributed by atoms with E-state index in [1.54, 1.807) is 0 Å². The summed E-state index contributed by atoms with van der Waals surface area (Å²) in [6.45, 7) is 0. The van der Waals surface area contributed by atoms with Gasteiger partial charge in [0.2, 0.25) is 5.92 Å². The molecule has 1 aliphatic carbocycles. The van der Waals surface area contributed by atoms with Crippen LogP contribution in [0.2, 0.25) is 0 Å². The number of hydrogen-bond donors (Lipinski definition) is 1. The maximum atomic E-state index is 12.6. The zero-order valence-corrected chi connectivity index (χ0v) is 7.46. The standard InChI is InChI=1S/C8H11F2N.ClH/c1-2-7(11)3-5-8(9,10)6-4-7;/h1H,3-6,11H2;1H. The lowest BCUT2D eigenvalue weighted by molar-refractivity contribution is -0.0439. The van der Waals surface area contributed by atoms with Gasteiger partial charge in [-0.15, -0.1) is 18.8 Å². The summed E-state index contributed by atoms with van der Waals surface area (Å²) < 4.78 is 25.1. The van der Waals surface area contributed by atoms with Gasteiger partial charge < -0.3 is 5.73 Å². The molecule has 0 unspecified atom stereocenters. The summed E-state index contributed by atoms with van der Waals surface area (Å²) in [5.74, 6) is -0.179. The van der Waals surface area contributed by atoms with Crippen LogP contribution in [0, 0.1) is 12.3 Å². The summed E-state index contributed by atoms with van der Waals surface area (Å²) in [5, 5.41) is 0. The van der Waals surface area contributed by atoms with Crippen LogP contribution in [0.1, 0.15) is 25.7 Å². The zero-order chi connectivity index (χ0) is 8.54. The molecule has 0 bridgehead atoms. The molecule has 1 rings (SSSR count). The fourth-order valence-corrected chi connectivity index (χ4v) is 1.21. The summed E-state index contributed by atoms with van der Waals surface area (Å²) in [6, 6.07) is 0. The van der Waals surface area contributed by atoms with Crippen LogP contribution >= 0.6 is 12.4 Å². The van der Waals surface area contributed by atoms with Crippen molar-refractivity contribution in [2.75, 3.05) is 0 Å². The Bertz CT molecular complexity index is 188. The first kappa shape index (κ1) is 11.7. The smallest absolute Gasteiger partial charge is 0.248 e. The lowest BCUT2D eigenvalue weighted by atomic mass is 9.81. The van der Waals surface area contributed by atoms with Gasteiger partial charge in [-0.3, -0.25) is 0 Å². The van der Waals surface area contributed by atoms with E-state index in [0.29, 0.717) is 0 Å². The van der Waals surface area contributed by atoms with Gasteiger partial charge in [-0.1, -0.05) is 5.92 Å². The molecule has 1 saturated carbocycles. The van der Waals surface area contributed by atoms with Gasteiger partial charge in [-0.2, -0.15) is 0 Å². The fourth-order valence-electron chi connectivity index (χ4n) is 1.21. The Hall–Kier alpha value is -0.330. The van der Waals surface area contributed by atoms with E-state index in [0.717, 1.165) is 0 Å². The van der Waals surface area contributed by atoms with Crippen molar-refractivity contribution < 1.29 is 8.78 Å².